The molecular weight excluding hydrogens is 318 g/mol. The number of nitrogens with one attached hydrogen (secondary N) is 1. The number of hydrogen-bond donors (Lipinski definition) is 1. The van der Waals surface area contributed by atoms with Crippen LogP contribution in [0.2, 0.25) is 0 Å². The molecule has 1 heterocycles. The van der Waals surface area contributed by atoms with Gasteiger partial charge in [0.15, 0.2) is 0 Å². The van der Waals surface area contributed by atoms with E-state index in [9.17, 15) is 0 Å². The highest BCUT2D eigenvalue weighted by atomic mass is 79.9. The number of halogens is 1. The van der Waals surface area contributed by atoms with Crippen molar-refractivity contribution in [2.75, 3.05) is 6.54 Å². The molecule has 0 aliphatic rings. The fourth-order valence-electron chi connectivity index (χ4n) is 1.75. The Kier molecular flexibility index (Phi) is 4.60. The molecule has 2 aromatic rings. The minimum atomic E-state index is 0.102. The lowest BCUT2D eigenvalue weighted by Crippen LogP contribution is -2.37. The van der Waals surface area contributed by atoms with Crippen LogP contribution in [0.25, 0.3) is 11.4 Å². The zero-order chi connectivity index (χ0) is 14.8. The minimum Gasteiger partial charge on any atom is -0.339 e. The molecule has 2 rings (SSSR count). The third-order valence-corrected chi connectivity index (χ3v) is 3.75. The molecule has 0 amide bonds. The van der Waals surface area contributed by atoms with E-state index in [-0.39, 0.29) is 5.54 Å². The lowest BCUT2D eigenvalue weighted by molar-refractivity contribution is 0.362. The Balaban J connectivity index is 2.03. The normalized spacial score (nSPS) is 11.8. The van der Waals surface area contributed by atoms with Crippen LogP contribution < -0.4 is 5.32 Å². The SMILES string of the molecule is Cc1ccc(-c2noc(CCNC(C)(C)C)n2)cc1Br. The summed E-state index contributed by atoms with van der Waals surface area (Å²) in [7, 11) is 0. The second-order valence-electron chi connectivity index (χ2n) is 5.90. The molecule has 4 nitrogen and oxygen atoms in total. The average Bonchev–Trinajstić information content (AvgIpc) is 2.80. The van der Waals surface area contributed by atoms with Gasteiger partial charge < -0.3 is 9.84 Å². The maximum atomic E-state index is 5.29. The Hall–Kier alpha value is -1.20. The van der Waals surface area contributed by atoms with Crippen molar-refractivity contribution in [3.8, 4) is 11.4 Å². The molecule has 0 saturated carbocycles. The standard InChI is InChI=1S/C15H20BrN3O/c1-10-5-6-11(9-12(10)16)14-18-13(20-19-14)7-8-17-15(2,3)4/h5-6,9,17H,7-8H2,1-4H3. The first kappa shape index (κ1) is 15.2. The first-order chi connectivity index (χ1) is 9.35. The van der Waals surface area contributed by atoms with Crippen LogP contribution in [0.3, 0.4) is 0 Å². The van der Waals surface area contributed by atoms with Gasteiger partial charge in [-0.05, 0) is 39.3 Å². The number of rotatable bonds is 4. The molecule has 0 saturated heterocycles. The molecule has 0 atom stereocenters. The Morgan fingerprint density at radius 2 is 2.05 bits per heavy atom. The van der Waals surface area contributed by atoms with Gasteiger partial charge in [0.05, 0.1) is 0 Å². The lowest BCUT2D eigenvalue weighted by atomic mass is 10.1. The molecule has 0 radical (unpaired) electrons. The van der Waals surface area contributed by atoms with Crippen LogP contribution in [0.1, 0.15) is 32.2 Å². The quantitative estimate of drug-likeness (QED) is 0.923. The Bertz CT molecular complexity index is 587. The molecule has 0 fully saturated rings. The summed E-state index contributed by atoms with van der Waals surface area (Å²) in [6.07, 6.45) is 0.733. The monoisotopic (exact) mass is 337 g/mol. The second-order valence-corrected chi connectivity index (χ2v) is 6.76. The van der Waals surface area contributed by atoms with Gasteiger partial charge in [-0.15, -0.1) is 0 Å². The van der Waals surface area contributed by atoms with Crippen LogP contribution in [-0.2, 0) is 6.42 Å². The number of hydrogen-bond acceptors (Lipinski definition) is 4. The third kappa shape index (κ3) is 4.15. The summed E-state index contributed by atoms with van der Waals surface area (Å²) >= 11 is 3.52. The van der Waals surface area contributed by atoms with Gasteiger partial charge >= 0.3 is 0 Å². The summed E-state index contributed by atoms with van der Waals surface area (Å²) in [5.41, 5.74) is 2.25. The molecule has 0 aliphatic carbocycles. The minimum absolute atomic E-state index is 0.102. The van der Waals surface area contributed by atoms with E-state index in [0.29, 0.717) is 11.7 Å². The fourth-order valence-corrected chi connectivity index (χ4v) is 2.13. The van der Waals surface area contributed by atoms with Crippen molar-refractivity contribution in [3.63, 3.8) is 0 Å². The highest BCUT2D eigenvalue weighted by Gasteiger charge is 2.12. The van der Waals surface area contributed by atoms with Gasteiger partial charge in [0.2, 0.25) is 11.7 Å². The summed E-state index contributed by atoms with van der Waals surface area (Å²) < 4.78 is 6.34. The molecule has 20 heavy (non-hydrogen) atoms. The van der Waals surface area contributed by atoms with Gasteiger partial charge in [-0.3, -0.25) is 0 Å². The van der Waals surface area contributed by atoms with E-state index in [1.807, 2.05) is 25.1 Å². The van der Waals surface area contributed by atoms with Gasteiger partial charge in [-0.1, -0.05) is 33.2 Å². The lowest BCUT2D eigenvalue weighted by Gasteiger charge is -2.19. The number of nitrogens with zero attached hydrogens (tertiary/aromatic N) is 2. The Morgan fingerprint density at radius 1 is 1.30 bits per heavy atom. The molecule has 0 bridgehead atoms. The molecule has 0 unspecified atom stereocenters. The van der Waals surface area contributed by atoms with Crippen molar-refractivity contribution in [3.05, 3.63) is 34.1 Å². The van der Waals surface area contributed by atoms with E-state index in [2.05, 4.69) is 52.2 Å². The number of aryl methyl sites for hydroxylation is 1. The van der Waals surface area contributed by atoms with E-state index in [1.54, 1.807) is 0 Å². The molecule has 1 aromatic carbocycles. The van der Waals surface area contributed by atoms with Crippen molar-refractivity contribution in [1.29, 1.82) is 0 Å². The van der Waals surface area contributed by atoms with Crippen LogP contribution in [0.15, 0.2) is 27.2 Å². The van der Waals surface area contributed by atoms with Crippen molar-refractivity contribution >= 4 is 15.9 Å². The summed E-state index contributed by atoms with van der Waals surface area (Å²) in [5, 5.41) is 7.44. The largest absolute Gasteiger partial charge is 0.339 e. The van der Waals surface area contributed by atoms with Crippen molar-refractivity contribution in [1.82, 2.24) is 15.5 Å². The van der Waals surface area contributed by atoms with Gasteiger partial charge in [0.25, 0.3) is 0 Å². The molecule has 0 spiro atoms. The van der Waals surface area contributed by atoms with Gasteiger partial charge in [0.1, 0.15) is 0 Å². The molecule has 108 valence electrons. The molecule has 1 aromatic heterocycles. The van der Waals surface area contributed by atoms with Crippen LogP contribution >= 0.6 is 15.9 Å². The van der Waals surface area contributed by atoms with Crippen LogP contribution in [0, 0.1) is 6.92 Å². The average molecular weight is 338 g/mol. The summed E-state index contributed by atoms with van der Waals surface area (Å²) in [4.78, 5) is 4.43. The van der Waals surface area contributed by atoms with Crippen molar-refractivity contribution < 1.29 is 4.52 Å². The van der Waals surface area contributed by atoms with Crippen molar-refractivity contribution in [2.24, 2.45) is 0 Å². The first-order valence-electron chi connectivity index (χ1n) is 6.69. The summed E-state index contributed by atoms with van der Waals surface area (Å²) in [6, 6.07) is 6.05. The van der Waals surface area contributed by atoms with E-state index in [1.165, 1.54) is 5.56 Å². The fraction of sp³-hybridized carbons (Fsp3) is 0.467. The van der Waals surface area contributed by atoms with Gasteiger partial charge in [-0.25, -0.2) is 0 Å². The number of benzene rings is 1. The van der Waals surface area contributed by atoms with Crippen molar-refractivity contribution in [2.45, 2.75) is 39.7 Å². The molecule has 0 aliphatic heterocycles. The topological polar surface area (TPSA) is 51.0 Å². The first-order valence-corrected chi connectivity index (χ1v) is 7.48. The Labute approximate surface area is 128 Å². The highest BCUT2D eigenvalue weighted by Crippen LogP contribution is 2.23. The van der Waals surface area contributed by atoms with Crippen LogP contribution in [-0.4, -0.2) is 22.2 Å². The van der Waals surface area contributed by atoms with Crippen LogP contribution in [0.5, 0.6) is 0 Å². The molecule has 1 N–H and O–H groups in total. The summed E-state index contributed by atoms with van der Waals surface area (Å²) in [6.45, 7) is 9.28. The maximum Gasteiger partial charge on any atom is 0.228 e. The van der Waals surface area contributed by atoms with E-state index in [4.69, 9.17) is 4.52 Å². The summed E-state index contributed by atoms with van der Waals surface area (Å²) in [5.74, 6) is 1.30. The second kappa shape index (κ2) is 6.06. The van der Waals surface area contributed by atoms with E-state index < -0.39 is 0 Å². The Morgan fingerprint density at radius 3 is 2.70 bits per heavy atom. The smallest absolute Gasteiger partial charge is 0.228 e. The predicted octanol–water partition coefficient (Wildman–Crippen LogP) is 3.74. The maximum absolute atomic E-state index is 5.29. The number of aromatic nitrogens is 2. The molecular formula is C15H20BrN3O. The van der Waals surface area contributed by atoms with E-state index >= 15 is 0 Å². The zero-order valence-electron chi connectivity index (χ0n) is 12.3. The van der Waals surface area contributed by atoms with Gasteiger partial charge in [-0.2, -0.15) is 4.98 Å². The van der Waals surface area contributed by atoms with E-state index in [0.717, 1.165) is 23.0 Å². The van der Waals surface area contributed by atoms with Gasteiger partial charge in [0, 0.05) is 28.5 Å². The molecule has 5 heteroatoms. The van der Waals surface area contributed by atoms with Crippen LogP contribution in [0.4, 0.5) is 0 Å². The highest BCUT2D eigenvalue weighted by molar-refractivity contribution is 9.10. The third-order valence-electron chi connectivity index (χ3n) is 2.89. The predicted molar refractivity (Wildman–Crippen MR) is 83.6 cm³/mol. The zero-order valence-corrected chi connectivity index (χ0v) is 13.9.